The molecule has 1 atom stereocenters. The van der Waals surface area contributed by atoms with Crippen molar-refractivity contribution in [2.45, 2.75) is 25.9 Å². The predicted octanol–water partition coefficient (Wildman–Crippen LogP) is 0.960. The molecule has 3 nitrogen and oxygen atoms in total. The molecule has 0 amide bonds. The molecular formula is C4H11FeO3P. The van der Waals surface area contributed by atoms with Crippen molar-refractivity contribution in [1.29, 1.82) is 0 Å². The Labute approximate surface area is 65.5 Å². The quantitative estimate of drug-likeness (QED) is 0.508. The molecule has 0 rings (SSSR count). The Morgan fingerprint density at radius 1 is 1.56 bits per heavy atom. The summed E-state index contributed by atoms with van der Waals surface area (Å²) in [6.45, 7) is 3.30. The van der Waals surface area contributed by atoms with Crippen LogP contribution in [0.15, 0.2) is 0 Å². The normalized spacial score (nSPS) is 14.2. The van der Waals surface area contributed by atoms with Crippen LogP contribution in [0.3, 0.4) is 0 Å². The second-order valence-electron chi connectivity index (χ2n) is 1.85. The molecule has 0 aromatic carbocycles. The number of hydrogen-bond acceptors (Lipinski definition) is 1. The van der Waals surface area contributed by atoms with E-state index in [0.29, 0.717) is 6.42 Å². The zero-order chi connectivity index (χ0) is 6.78. The summed E-state index contributed by atoms with van der Waals surface area (Å²) >= 11 is 0. The van der Waals surface area contributed by atoms with Crippen molar-refractivity contribution in [3.05, 3.63) is 0 Å². The molecule has 0 fully saturated rings. The summed E-state index contributed by atoms with van der Waals surface area (Å²) in [5.74, 6) is 0. The molecule has 58 valence electrons. The van der Waals surface area contributed by atoms with E-state index in [-0.39, 0.29) is 17.1 Å². The first kappa shape index (κ1) is 12.4. The minimum absolute atomic E-state index is 0. The van der Waals surface area contributed by atoms with Crippen molar-refractivity contribution < 1.29 is 31.4 Å². The Morgan fingerprint density at radius 2 is 1.89 bits per heavy atom. The minimum atomic E-state index is -3.76. The zero-order valence-electron chi connectivity index (χ0n) is 5.39. The van der Waals surface area contributed by atoms with E-state index in [1.807, 2.05) is 0 Å². The van der Waals surface area contributed by atoms with Crippen molar-refractivity contribution in [1.82, 2.24) is 0 Å². The first-order valence-electron chi connectivity index (χ1n) is 2.53. The Bertz CT molecular complexity index is 110. The second kappa shape index (κ2) is 4.48. The van der Waals surface area contributed by atoms with Crippen LogP contribution < -0.4 is 0 Å². The number of rotatable bonds is 2. The van der Waals surface area contributed by atoms with Gasteiger partial charge >= 0.3 is 7.60 Å². The molecule has 0 spiro atoms. The first-order chi connectivity index (χ1) is 3.48. The van der Waals surface area contributed by atoms with E-state index in [0.717, 1.165) is 0 Å². The molecule has 0 aromatic rings. The van der Waals surface area contributed by atoms with Gasteiger partial charge < -0.3 is 9.79 Å². The van der Waals surface area contributed by atoms with Gasteiger partial charge in [-0.05, 0) is 6.42 Å². The summed E-state index contributed by atoms with van der Waals surface area (Å²) in [4.78, 5) is 16.8. The Balaban J connectivity index is 0. The van der Waals surface area contributed by atoms with Gasteiger partial charge in [-0.3, -0.25) is 4.57 Å². The van der Waals surface area contributed by atoms with Crippen LogP contribution in [0.25, 0.3) is 0 Å². The van der Waals surface area contributed by atoms with Crippen LogP contribution in [0.5, 0.6) is 0 Å². The molecule has 0 bridgehead atoms. The van der Waals surface area contributed by atoms with Gasteiger partial charge in [0, 0.05) is 17.1 Å². The topological polar surface area (TPSA) is 57.5 Å². The molecule has 0 saturated heterocycles. The molecule has 0 saturated carbocycles. The van der Waals surface area contributed by atoms with Gasteiger partial charge in [0.15, 0.2) is 0 Å². The van der Waals surface area contributed by atoms with E-state index < -0.39 is 13.3 Å². The standard InChI is InChI=1S/C4H11O3P.Fe/c1-3-4(2)8(5,6)7;/h4H,3H2,1-2H3,(H2,5,6,7);. The van der Waals surface area contributed by atoms with Crippen molar-refractivity contribution in [2.75, 3.05) is 0 Å². The van der Waals surface area contributed by atoms with Crippen LogP contribution in [-0.4, -0.2) is 15.4 Å². The summed E-state index contributed by atoms with van der Waals surface area (Å²) in [5.41, 5.74) is -0.484. The van der Waals surface area contributed by atoms with Gasteiger partial charge in [-0.2, -0.15) is 0 Å². The summed E-state index contributed by atoms with van der Waals surface area (Å²) in [6, 6.07) is 0. The van der Waals surface area contributed by atoms with Gasteiger partial charge in [-0.1, -0.05) is 13.8 Å². The monoisotopic (exact) mass is 194 g/mol. The Morgan fingerprint density at radius 3 is 1.89 bits per heavy atom. The molecule has 5 heteroatoms. The van der Waals surface area contributed by atoms with Gasteiger partial charge in [0.1, 0.15) is 0 Å². The Kier molecular flexibility index (Phi) is 6.15. The largest absolute Gasteiger partial charge is 0.328 e. The third-order valence-corrected chi connectivity index (χ3v) is 2.68. The Hall–Kier alpha value is 0.669. The second-order valence-corrected chi connectivity index (χ2v) is 3.91. The summed E-state index contributed by atoms with van der Waals surface area (Å²) in [7, 11) is -3.76. The maximum Gasteiger partial charge on any atom is 0.328 e. The van der Waals surface area contributed by atoms with E-state index in [1.54, 1.807) is 13.8 Å². The zero-order valence-corrected chi connectivity index (χ0v) is 7.39. The molecular weight excluding hydrogens is 183 g/mol. The molecule has 0 aliphatic rings. The van der Waals surface area contributed by atoms with Crippen LogP contribution >= 0.6 is 7.60 Å². The molecule has 0 aliphatic carbocycles. The van der Waals surface area contributed by atoms with Crippen LogP contribution in [0.4, 0.5) is 0 Å². The van der Waals surface area contributed by atoms with E-state index in [4.69, 9.17) is 9.79 Å². The molecule has 0 radical (unpaired) electrons. The average molecular weight is 194 g/mol. The fraction of sp³-hybridized carbons (Fsp3) is 1.00. The van der Waals surface area contributed by atoms with Crippen molar-refractivity contribution in [3.8, 4) is 0 Å². The molecule has 9 heavy (non-hydrogen) atoms. The fourth-order valence-corrected chi connectivity index (χ4v) is 0.714. The average Bonchev–Trinajstić information content (AvgIpc) is 1.62. The molecule has 2 N–H and O–H groups in total. The molecule has 0 aromatic heterocycles. The van der Waals surface area contributed by atoms with Crippen LogP contribution in [0.1, 0.15) is 20.3 Å². The third-order valence-electron chi connectivity index (χ3n) is 1.17. The molecule has 0 heterocycles. The number of hydrogen-bond donors (Lipinski definition) is 2. The van der Waals surface area contributed by atoms with Gasteiger partial charge in [0.2, 0.25) is 0 Å². The van der Waals surface area contributed by atoms with Gasteiger partial charge in [-0.15, -0.1) is 0 Å². The summed E-state index contributed by atoms with van der Waals surface area (Å²) in [6.07, 6.45) is 0.532. The summed E-state index contributed by atoms with van der Waals surface area (Å²) in [5, 5.41) is 0. The molecule has 0 aliphatic heterocycles. The van der Waals surface area contributed by atoms with Crippen LogP contribution in [-0.2, 0) is 21.6 Å². The fourth-order valence-electron chi connectivity index (χ4n) is 0.238. The minimum Gasteiger partial charge on any atom is -0.324 e. The van der Waals surface area contributed by atoms with Crippen LogP contribution in [0, 0.1) is 0 Å². The van der Waals surface area contributed by atoms with Crippen molar-refractivity contribution in [3.63, 3.8) is 0 Å². The van der Waals surface area contributed by atoms with Gasteiger partial charge in [0.25, 0.3) is 0 Å². The van der Waals surface area contributed by atoms with Gasteiger partial charge in [0.05, 0.1) is 5.66 Å². The van der Waals surface area contributed by atoms with Gasteiger partial charge in [-0.25, -0.2) is 0 Å². The summed E-state index contributed by atoms with van der Waals surface area (Å²) < 4.78 is 10.3. The van der Waals surface area contributed by atoms with E-state index >= 15 is 0 Å². The smallest absolute Gasteiger partial charge is 0.324 e. The maximum absolute atomic E-state index is 10.3. The third kappa shape index (κ3) is 5.13. The maximum atomic E-state index is 10.3. The first-order valence-corrected chi connectivity index (χ1v) is 4.22. The predicted molar refractivity (Wildman–Crippen MR) is 31.8 cm³/mol. The van der Waals surface area contributed by atoms with E-state index in [2.05, 4.69) is 0 Å². The van der Waals surface area contributed by atoms with Crippen LogP contribution in [0.2, 0.25) is 0 Å². The van der Waals surface area contributed by atoms with Crippen molar-refractivity contribution >= 4 is 7.60 Å². The van der Waals surface area contributed by atoms with Crippen molar-refractivity contribution in [2.24, 2.45) is 0 Å². The SMILES string of the molecule is CCC(C)P(=O)(O)O.[Fe]. The molecule has 1 unspecified atom stereocenters. The van der Waals surface area contributed by atoms with E-state index in [9.17, 15) is 4.57 Å². The van der Waals surface area contributed by atoms with E-state index in [1.165, 1.54) is 0 Å².